The van der Waals surface area contributed by atoms with Gasteiger partial charge in [0, 0.05) is 62.8 Å². The van der Waals surface area contributed by atoms with E-state index in [0.29, 0.717) is 24.2 Å². The third-order valence-corrected chi connectivity index (χ3v) is 20.2. The summed E-state index contributed by atoms with van der Waals surface area (Å²) in [4.78, 5) is -4.73. The standard InChI is InChI=1S/C48H39N9O26S8/c58-43-22-27(4-10-38(43)53-51-36-16-17-42(48-33(36)2-1-3-45(48)88(68,69)70)57-56-41-12-7-29(25-46(41)89(71,72)73)85(61,62)20-18-80-91(77,78)79)49-28-5-11-39(44(59)23-28)54-52-37-15-14-35(32-9-6-31(24-34(32)37)87(65,66)67)50-55-40-13-8-30(26-47(40)90(74,75)76)86(63,64)21-19-84-83-82-81-60/h1-17,22-26,49,58-60H,18-21H2,(H,65,66,67)(H,68,69,70)(H,71,72,73)(H,74,75,76)(H,77,78,79)/b53-51+,54-52+,55-50+,57-56+. The molecule has 0 radical (unpaired) electrons. The van der Waals surface area contributed by atoms with Crippen molar-refractivity contribution in [3.05, 3.63) is 133 Å². The Labute approximate surface area is 517 Å². The number of benzene rings is 8. The fourth-order valence-electron chi connectivity index (χ4n) is 7.97. The summed E-state index contributed by atoms with van der Waals surface area (Å²) in [5.74, 6) is -2.94. The van der Waals surface area contributed by atoms with Gasteiger partial charge in [-0.1, -0.05) is 18.2 Å². The Morgan fingerprint density at radius 1 is 0.407 bits per heavy atom. The van der Waals surface area contributed by atoms with Crippen molar-refractivity contribution in [2.24, 2.45) is 40.9 Å². The Balaban J connectivity index is 1.01. The van der Waals surface area contributed by atoms with E-state index in [4.69, 9.17) is 9.81 Å². The molecule has 0 aliphatic heterocycles. The van der Waals surface area contributed by atoms with E-state index >= 15 is 0 Å². The molecule has 8 aromatic rings. The lowest BCUT2D eigenvalue weighted by molar-refractivity contribution is -0.591. The van der Waals surface area contributed by atoms with Crippen LogP contribution in [0.4, 0.5) is 56.9 Å². The van der Waals surface area contributed by atoms with Crippen LogP contribution in [0.1, 0.15) is 0 Å². The quantitative estimate of drug-likeness (QED) is 0.00607. The van der Waals surface area contributed by atoms with Crippen LogP contribution in [0.3, 0.4) is 0 Å². The molecule has 0 aromatic heterocycles. The van der Waals surface area contributed by atoms with Gasteiger partial charge in [-0.15, -0.1) is 45.2 Å². The number of nitrogens with zero attached hydrogens (tertiary/aromatic N) is 8. The van der Waals surface area contributed by atoms with Gasteiger partial charge in [0.25, 0.3) is 40.5 Å². The Hall–Kier alpha value is -8.32. The fraction of sp³-hybridized carbons (Fsp3) is 0.0833. The van der Waals surface area contributed by atoms with Crippen molar-refractivity contribution >= 4 is 161 Å². The lowest BCUT2D eigenvalue weighted by Gasteiger charge is -2.10. The number of rotatable bonds is 26. The molecule has 0 bridgehead atoms. The largest absolute Gasteiger partial charge is 0.506 e. The summed E-state index contributed by atoms with van der Waals surface area (Å²) in [6, 6.07) is 24.2. The SMILES string of the molecule is O=S(=O)(O)OCCS(=O)(=O)c1ccc(/N=N/c2ccc(/N=N/c3ccc(Nc4ccc(/N=N/c5ccc(/N=N/c6ccc(S(=O)(=O)CCSOOOO)cc6S(=O)(=O)O)c6ccc(S(=O)(=O)O)cc56)c(O)c4)cc3O)c3cccc(S(=O)(=O)O)c23)c(S(=O)(=O)O)c1. The minimum atomic E-state index is -5.28. The van der Waals surface area contributed by atoms with Crippen LogP contribution >= 0.6 is 12.0 Å². The topological polar surface area (TPSA) is 549 Å². The van der Waals surface area contributed by atoms with E-state index in [1.54, 1.807) is 0 Å². The van der Waals surface area contributed by atoms with Gasteiger partial charge in [0.05, 0.1) is 55.5 Å². The second-order valence-electron chi connectivity index (χ2n) is 18.0. The summed E-state index contributed by atoms with van der Waals surface area (Å²) >= 11 is 0.417. The van der Waals surface area contributed by atoms with Gasteiger partial charge in [0.2, 0.25) is 0 Å². The highest BCUT2D eigenvalue weighted by molar-refractivity contribution is 7.97. The highest BCUT2D eigenvalue weighted by Gasteiger charge is 2.26. The molecule has 0 spiro atoms. The van der Waals surface area contributed by atoms with Crippen molar-refractivity contribution in [3.8, 4) is 11.5 Å². The van der Waals surface area contributed by atoms with Crippen LogP contribution < -0.4 is 5.32 Å². The van der Waals surface area contributed by atoms with E-state index in [0.717, 1.165) is 48.5 Å². The highest BCUT2D eigenvalue weighted by Crippen LogP contribution is 2.43. The molecule has 0 amide bonds. The molecule has 0 saturated carbocycles. The monoisotopic (exact) mass is 1410 g/mol. The number of anilines is 2. The first-order chi connectivity index (χ1) is 42.5. The molecule has 480 valence electrons. The Bertz CT molecular complexity index is 5200. The summed E-state index contributed by atoms with van der Waals surface area (Å²) in [6.07, 6.45) is 0. The first-order valence-corrected chi connectivity index (χ1v) is 35.6. The van der Waals surface area contributed by atoms with Crippen LogP contribution in [-0.4, -0.2) is 121 Å². The first-order valence-electron chi connectivity index (χ1n) is 24.3. The van der Waals surface area contributed by atoms with Gasteiger partial charge in [-0.3, -0.25) is 22.8 Å². The Morgan fingerprint density at radius 3 is 1.32 bits per heavy atom. The molecule has 0 heterocycles. The molecule has 8 aromatic carbocycles. The third kappa shape index (κ3) is 17.4. The van der Waals surface area contributed by atoms with Crippen LogP contribution in [0.2, 0.25) is 0 Å². The summed E-state index contributed by atoms with van der Waals surface area (Å²) < 4.78 is 229. The van der Waals surface area contributed by atoms with Gasteiger partial charge in [-0.05, 0) is 113 Å². The second-order valence-corrected chi connectivity index (χ2v) is 29.7. The molecule has 43 heteroatoms. The number of sulfone groups is 2. The van der Waals surface area contributed by atoms with Gasteiger partial charge >= 0.3 is 10.4 Å². The Kier molecular flexibility index (Phi) is 20.5. The van der Waals surface area contributed by atoms with Crippen molar-refractivity contribution in [2.75, 3.05) is 29.2 Å². The zero-order valence-corrected chi connectivity index (χ0v) is 51.3. The summed E-state index contributed by atoms with van der Waals surface area (Å²) in [5, 5.41) is 71.8. The molecule has 0 aliphatic rings. The maximum Gasteiger partial charge on any atom is 0.397 e. The third-order valence-electron chi connectivity index (χ3n) is 12.0. The predicted molar refractivity (Wildman–Crippen MR) is 316 cm³/mol. The number of nitrogens with one attached hydrogen (secondary N) is 1. The van der Waals surface area contributed by atoms with E-state index in [9.17, 15) is 87.3 Å². The number of phenolic OH excluding ortho intramolecular Hbond substituents is 2. The van der Waals surface area contributed by atoms with Crippen molar-refractivity contribution in [3.63, 3.8) is 0 Å². The summed E-state index contributed by atoms with van der Waals surface area (Å²) in [6.45, 7) is -1.07. The number of azo groups is 4. The number of hydrogen-bond acceptors (Lipinski definition) is 31. The van der Waals surface area contributed by atoms with E-state index in [2.05, 4.69) is 64.8 Å². The lowest BCUT2D eigenvalue weighted by atomic mass is 10.1. The van der Waals surface area contributed by atoms with Crippen LogP contribution in [0, 0.1) is 0 Å². The van der Waals surface area contributed by atoms with Crippen molar-refractivity contribution in [2.45, 2.75) is 29.4 Å². The average molecular weight is 1410 g/mol. The van der Waals surface area contributed by atoms with Crippen molar-refractivity contribution in [1.29, 1.82) is 0 Å². The van der Waals surface area contributed by atoms with E-state index < -0.39 is 141 Å². The lowest BCUT2D eigenvalue weighted by Crippen LogP contribution is -2.16. The van der Waals surface area contributed by atoms with Crippen LogP contribution in [-0.2, 0) is 89.1 Å². The average Bonchev–Trinajstić information content (AvgIpc) is 0.826. The van der Waals surface area contributed by atoms with Gasteiger partial charge in [-0.2, -0.15) is 42.1 Å². The van der Waals surface area contributed by atoms with Crippen molar-refractivity contribution < 1.29 is 116 Å². The summed E-state index contributed by atoms with van der Waals surface area (Å²) in [5.41, 5.74) is -1.62. The molecule has 0 unspecified atom stereocenters. The van der Waals surface area contributed by atoms with Crippen LogP contribution in [0.25, 0.3) is 21.5 Å². The number of fused-ring (bicyclic) bond motifs is 2. The molecule has 0 saturated heterocycles. The van der Waals surface area contributed by atoms with Gasteiger partial charge in [-0.25, -0.2) is 26.3 Å². The fourth-order valence-corrected chi connectivity index (χ4v) is 14.3. The van der Waals surface area contributed by atoms with Crippen molar-refractivity contribution in [1.82, 2.24) is 0 Å². The molecule has 0 fully saturated rings. The van der Waals surface area contributed by atoms with Gasteiger partial charge in [0.15, 0.2) is 19.7 Å². The molecule has 91 heavy (non-hydrogen) atoms. The maximum absolute atomic E-state index is 12.9. The number of phenols is 2. The van der Waals surface area contributed by atoms with E-state index in [1.807, 2.05) is 0 Å². The zero-order valence-electron chi connectivity index (χ0n) is 44.8. The smallest absolute Gasteiger partial charge is 0.397 e. The molecule has 8 rings (SSSR count). The van der Waals surface area contributed by atoms with E-state index in [1.165, 1.54) is 72.8 Å². The molecular formula is C48H39N9O26S8. The number of hydrogen-bond donors (Lipinski definition) is 9. The first kappa shape index (κ1) is 68.6. The minimum Gasteiger partial charge on any atom is -0.506 e. The molecule has 0 aliphatic carbocycles. The van der Waals surface area contributed by atoms with E-state index in [-0.39, 0.29) is 72.8 Å². The number of aromatic hydroxyl groups is 2. The second kappa shape index (κ2) is 27.3. The van der Waals surface area contributed by atoms with Crippen LogP contribution in [0.5, 0.6) is 11.5 Å². The Morgan fingerprint density at radius 2 is 0.835 bits per heavy atom. The summed E-state index contributed by atoms with van der Waals surface area (Å²) in [7, 11) is -34.1. The normalized spacial score (nSPS) is 13.2. The minimum absolute atomic E-state index is 0.0289. The zero-order chi connectivity index (χ0) is 66.5. The van der Waals surface area contributed by atoms with Crippen LogP contribution in [0.15, 0.2) is 204 Å². The highest BCUT2D eigenvalue weighted by atomic mass is 32.3. The maximum atomic E-state index is 12.9. The molecular weight excluding hydrogens is 1380 g/mol. The predicted octanol–water partition coefficient (Wildman–Crippen LogP) is 10.2. The van der Waals surface area contributed by atoms with Gasteiger partial charge < -0.3 is 15.5 Å². The molecule has 9 N–H and O–H groups in total. The molecule has 35 nitrogen and oxygen atoms in total. The molecule has 0 atom stereocenters. The van der Waals surface area contributed by atoms with Gasteiger partial charge in [0.1, 0.15) is 48.9 Å².